The smallest absolute Gasteiger partial charge is 0.123 e. The van der Waals surface area contributed by atoms with Crippen LogP contribution >= 0.6 is 0 Å². The first-order chi connectivity index (χ1) is 9.10. The lowest BCUT2D eigenvalue weighted by Gasteiger charge is -2.28. The lowest BCUT2D eigenvalue weighted by atomic mass is 9.81. The van der Waals surface area contributed by atoms with Crippen molar-refractivity contribution in [2.45, 2.75) is 26.7 Å². The zero-order valence-corrected chi connectivity index (χ0v) is 11.9. The van der Waals surface area contributed by atoms with Crippen LogP contribution in [0.25, 0.3) is 0 Å². The molecule has 3 heteroatoms. The number of rotatable bonds is 6. The number of hydrogen-bond acceptors (Lipinski definition) is 2. The van der Waals surface area contributed by atoms with Gasteiger partial charge in [0, 0.05) is 18.6 Å². The second-order valence-corrected chi connectivity index (χ2v) is 6.13. The molecule has 19 heavy (non-hydrogen) atoms. The van der Waals surface area contributed by atoms with Crippen LogP contribution in [0, 0.1) is 17.2 Å². The molecule has 2 nitrogen and oxygen atoms in total. The third-order valence-corrected chi connectivity index (χ3v) is 3.73. The Morgan fingerprint density at radius 1 is 1.32 bits per heavy atom. The quantitative estimate of drug-likeness (QED) is 0.853. The Morgan fingerprint density at radius 3 is 2.63 bits per heavy atom. The third kappa shape index (κ3) is 4.29. The number of halogens is 1. The molecule has 0 aromatic heterocycles. The minimum Gasteiger partial charge on any atom is -0.381 e. The summed E-state index contributed by atoms with van der Waals surface area (Å²) in [6.45, 7) is 8.07. The predicted molar refractivity (Wildman–Crippen MR) is 75.7 cm³/mol. The van der Waals surface area contributed by atoms with Crippen LogP contribution in [0.4, 0.5) is 4.39 Å². The van der Waals surface area contributed by atoms with E-state index < -0.39 is 0 Å². The Morgan fingerprint density at radius 2 is 2.05 bits per heavy atom. The molecule has 0 aliphatic carbocycles. The normalized spacial score (nSPS) is 23.2. The van der Waals surface area contributed by atoms with Crippen LogP contribution in [0.5, 0.6) is 0 Å². The molecule has 0 spiro atoms. The van der Waals surface area contributed by atoms with Gasteiger partial charge in [0.2, 0.25) is 0 Å². The fourth-order valence-corrected chi connectivity index (χ4v) is 2.65. The van der Waals surface area contributed by atoms with Gasteiger partial charge in [0.1, 0.15) is 5.82 Å². The fraction of sp³-hybridized carbons (Fsp3) is 0.625. The Kier molecular flexibility index (Phi) is 4.94. The van der Waals surface area contributed by atoms with Gasteiger partial charge in [-0.25, -0.2) is 4.39 Å². The van der Waals surface area contributed by atoms with Crippen LogP contribution < -0.4 is 5.32 Å². The molecule has 0 radical (unpaired) electrons. The van der Waals surface area contributed by atoms with Gasteiger partial charge in [-0.15, -0.1) is 0 Å². The average molecular weight is 265 g/mol. The summed E-state index contributed by atoms with van der Waals surface area (Å²) >= 11 is 0. The summed E-state index contributed by atoms with van der Waals surface area (Å²) < 4.78 is 18.5. The molecule has 1 heterocycles. The van der Waals surface area contributed by atoms with Gasteiger partial charge in [0.25, 0.3) is 0 Å². The molecule has 1 aromatic rings. The van der Waals surface area contributed by atoms with Gasteiger partial charge < -0.3 is 10.1 Å². The summed E-state index contributed by atoms with van der Waals surface area (Å²) in [7, 11) is 0. The summed E-state index contributed by atoms with van der Waals surface area (Å²) in [5, 5.41) is 3.55. The van der Waals surface area contributed by atoms with Crippen molar-refractivity contribution in [3.63, 3.8) is 0 Å². The highest BCUT2D eigenvalue weighted by Gasteiger charge is 2.34. The minimum atomic E-state index is -0.168. The van der Waals surface area contributed by atoms with E-state index in [2.05, 4.69) is 19.2 Å². The highest BCUT2D eigenvalue weighted by molar-refractivity contribution is 5.18. The maximum atomic E-state index is 13.0. The van der Waals surface area contributed by atoms with E-state index in [-0.39, 0.29) is 11.2 Å². The summed E-state index contributed by atoms with van der Waals surface area (Å²) in [6.07, 6.45) is 2.04. The van der Waals surface area contributed by atoms with Gasteiger partial charge in [-0.1, -0.05) is 26.0 Å². The van der Waals surface area contributed by atoms with Gasteiger partial charge in [-0.2, -0.15) is 0 Å². The highest BCUT2D eigenvalue weighted by atomic mass is 19.1. The lowest BCUT2D eigenvalue weighted by Crippen LogP contribution is -2.38. The predicted octanol–water partition coefficient (Wildman–Crippen LogP) is 3.02. The van der Waals surface area contributed by atoms with Gasteiger partial charge in [0.15, 0.2) is 0 Å². The van der Waals surface area contributed by atoms with Crippen LogP contribution in [-0.2, 0) is 11.2 Å². The minimum absolute atomic E-state index is 0.168. The van der Waals surface area contributed by atoms with Crippen LogP contribution in [-0.4, -0.2) is 26.3 Å². The number of ether oxygens (including phenoxy) is 1. The standard InChI is InChI=1S/C16H24FNO/c1-13(2)10-18-11-16(7-8-19-12-16)9-14-3-5-15(17)6-4-14/h3-6,13,18H,7-12H2,1-2H3. The molecule has 0 amide bonds. The van der Waals surface area contributed by atoms with Crippen LogP contribution in [0.2, 0.25) is 0 Å². The number of benzene rings is 1. The molecule has 0 bridgehead atoms. The molecular formula is C16H24FNO. The Bertz CT molecular complexity index is 382. The Hall–Kier alpha value is -0.930. The largest absolute Gasteiger partial charge is 0.381 e. The molecule has 1 atom stereocenters. The van der Waals surface area contributed by atoms with Crippen molar-refractivity contribution in [2.24, 2.45) is 11.3 Å². The molecule has 1 unspecified atom stereocenters. The van der Waals surface area contributed by atoms with Crippen LogP contribution in [0.15, 0.2) is 24.3 Å². The Balaban J connectivity index is 1.96. The molecular weight excluding hydrogens is 241 g/mol. The van der Waals surface area contributed by atoms with Crippen LogP contribution in [0.1, 0.15) is 25.8 Å². The van der Waals surface area contributed by atoms with E-state index >= 15 is 0 Å². The fourth-order valence-electron chi connectivity index (χ4n) is 2.65. The molecule has 1 aliphatic heterocycles. The SMILES string of the molecule is CC(C)CNCC1(Cc2ccc(F)cc2)CCOC1. The maximum absolute atomic E-state index is 13.0. The number of hydrogen-bond donors (Lipinski definition) is 1. The second-order valence-electron chi connectivity index (χ2n) is 6.13. The van der Waals surface area contributed by atoms with Crippen molar-refractivity contribution in [1.82, 2.24) is 5.32 Å². The highest BCUT2D eigenvalue weighted by Crippen LogP contribution is 2.32. The molecule has 1 aromatic carbocycles. The van der Waals surface area contributed by atoms with Gasteiger partial charge >= 0.3 is 0 Å². The first-order valence-corrected chi connectivity index (χ1v) is 7.13. The average Bonchev–Trinajstić information content (AvgIpc) is 2.81. The van der Waals surface area contributed by atoms with Crippen LogP contribution in [0.3, 0.4) is 0 Å². The zero-order chi connectivity index (χ0) is 13.7. The third-order valence-electron chi connectivity index (χ3n) is 3.73. The van der Waals surface area contributed by atoms with E-state index in [1.54, 1.807) is 12.1 Å². The van der Waals surface area contributed by atoms with E-state index in [1.165, 1.54) is 5.56 Å². The van der Waals surface area contributed by atoms with Crippen molar-refractivity contribution >= 4 is 0 Å². The van der Waals surface area contributed by atoms with Crippen molar-refractivity contribution in [3.8, 4) is 0 Å². The van der Waals surface area contributed by atoms with E-state index in [1.807, 2.05) is 12.1 Å². The number of nitrogens with one attached hydrogen (secondary N) is 1. The van der Waals surface area contributed by atoms with Crippen molar-refractivity contribution < 1.29 is 9.13 Å². The Labute approximate surface area is 115 Å². The van der Waals surface area contributed by atoms with Crippen molar-refractivity contribution in [1.29, 1.82) is 0 Å². The molecule has 1 aliphatic rings. The van der Waals surface area contributed by atoms with E-state index in [0.29, 0.717) is 5.92 Å². The summed E-state index contributed by atoms with van der Waals surface area (Å²) in [5.41, 5.74) is 1.37. The van der Waals surface area contributed by atoms with Gasteiger partial charge in [-0.05, 0) is 43.0 Å². The molecule has 0 saturated carbocycles. The zero-order valence-electron chi connectivity index (χ0n) is 11.9. The van der Waals surface area contributed by atoms with E-state index in [0.717, 1.165) is 39.1 Å². The van der Waals surface area contributed by atoms with E-state index in [9.17, 15) is 4.39 Å². The molecule has 1 fully saturated rings. The molecule has 1 N–H and O–H groups in total. The molecule has 106 valence electrons. The topological polar surface area (TPSA) is 21.3 Å². The first kappa shape index (κ1) is 14.5. The maximum Gasteiger partial charge on any atom is 0.123 e. The van der Waals surface area contributed by atoms with Gasteiger partial charge in [0.05, 0.1) is 6.61 Å². The van der Waals surface area contributed by atoms with Crippen molar-refractivity contribution in [3.05, 3.63) is 35.6 Å². The van der Waals surface area contributed by atoms with E-state index in [4.69, 9.17) is 4.74 Å². The first-order valence-electron chi connectivity index (χ1n) is 7.13. The molecule has 1 saturated heterocycles. The monoisotopic (exact) mass is 265 g/mol. The summed E-state index contributed by atoms with van der Waals surface area (Å²) in [4.78, 5) is 0. The second kappa shape index (κ2) is 6.49. The van der Waals surface area contributed by atoms with Gasteiger partial charge in [-0.3, -0.25) is 0 Å². The lowest BCUT2D eigenvalue weighted by molar-refractivity contribution is 0.148. The summed E-state index contributed by atoms with van der Waals surface area (Å²) in [5.74, 6) is 0.489. The summed E-state index contributed by atoms with van der Waals surface area (Å²) in [6, 6.07) is 6.86. The van der Waals surface area contributed by atoms with Crippen molar-refractivity contribution in [2.75, 3.05) is 26.3 Å². The molecule has 2 rings (SSSR count).